The Morgan fingerprint density at radius 1 is 1.41 bits per heavy atom. The van der Waals surface area contributed by atoms with Gasteiger partial charge in [0, 0.05) is 16.5 Å². The maximum atomic E-state index is 6.10. The van der Waals surface area contributed by atoms with Crippen molar-refractivity contribution in [3.05, 3.63) is 28.8 Å². The molecule has 0 aliphatic carbocycles. The Bertz CT molecular complexity index is 455. The van der Waals surface area contributed by atoms with Crippen molar-refractivity contribution in [1.29, 1.82) is 0 Å². The second-order valence-corrected chi connectivity index (χ2v) is 6.41. The minimum atomic E-state index is 0.0437. The zero-order chi connectivity index (χ0) is 12.5. The molecule has 1 heterocycles. The normalized spacial score (nSPS) is 18.7. The average molecular weight is 269 g/mol. The van der Waals surface area contributed by atoms with Crippen molar-refractivity contribution in [3.8, 4) is 0 Å². The molecule has 1 aromatic carbocycles. The molecule has 0 amide bonds. The van der Waals surface area contributed by atoms with Crippen molar-refractivity contribution >= 4 is 34.2 Å². The lowest BCUT2D eigenvalue weighted by atomic mass is 10.0. The first kappa shape index (κ1) is 12.8. The molecule has 0 radical (unpaired) electrons. The molecule has 1 aromatic rings. The van der Waals surface area contributed by atoms with E-state index in [1.165, 1.54) is 0 Å². The lowest BCUT2D eigenvalue weighted by Crippen LogP contribution is -2.27. The first-order chi connectivity index (χ1) is 7.96. The van der Waals surface area contributed by atoms with E-state index in [1.807, 2.05) is 25.1 Å². The Kier molecular flexibility index (Phi) is 3.69. The van der Waals surface area contributed by atoms with E-state index in [0.29, 0.717) is 0 Å². The van der Waals surface area contributed by atoms with E-state index in [2.05, 4.69) is 24.2 Å². The summed E-state index contributed by atoms with van der Waals surface area (Å²) < 4.78 is 0. The van der Waals surface area contributed by atoms with Crippen LogP contribution in [-0.2, 0) is 0 Å². The molecule has 1 aliphatic rings. The van der Waals surface area contributed by atoms with Crippen LogP contribution in [0, 0.1) is 6.92 Å². The third kappa shape index (κ3) is 3.39. The van der Waals surface area contributed by atoms with Gasteiger partial charge in [-0.3, -0.25) is 4.99 Å². The van der Waals surface area contributed by atoms with Gasteiger partial charge in [0.1, 0.15) is 0 Å². The molecule has 17 heavy (non-hydrogen) atoms. The van der Waals surface area contributed by atoms with Gasteiger partial charge in [-0.05, 0) is 44.9 Å². The molecule has 2 rings (SSSR count). The van der Waals surface area contributed by atoms with Crippen LogP contribution in [0.1, 0.15) is 25.8 Å². The minimum absolute atomic E-state index is 0.0437. The molecule has 2 nitrogen and oxygen atoms in total. The monoisotopic (exact) mass is 268 g/mol. The number of thioether (sulfide) groups is 1. The summed E-state index contributed by atoms with van der Waals surface area (Å²) in [6.07, 6.45) is 1.12. The fourth-order valence-corrected chi connectivity index (χ4v) is 3.10. The Hall–Kier alpha value is -0.670. The van der Waals surface area contributed by atoms with E-state index in [-0.39, 0.29) is 5.54 Å². The Morgan fingerprint density at radius 3 is 2.82 bits per heavy atom. The van der Waals surface area contributed by atoms with E-state index in [9.17, 15) is 0 Å². The molecule has 0 unspecified atom stereocenters. The van der Waals surface area contributed by atoms with Crippen molar-refractivity contribution in [1.82, 2.24) is 0 Å². The van der Waals surface area contributed by atoms with Crippen LogP contribution in [0.3, 0.4) is 0 Å². The van der Waals surface area contributed by atoms with Gasteiger partial charge in [-0.15, -0.1) is 0 Å². The molecule has 92 valence electrons. The van der Waals surface area contributed by atoms with Gasteiger partial charge < -0.3 is 5.32 Å². The summed E-state index contributed by atoms with van der Waals surface area (Å²) in [4.78, 5) is 4.69. The molecule has 0 saturated heterocycles. The lowest BCUT2D eigenvalue weighted by molar-refractivity contribution is 0.507. The number of halogens is 1. The van der Waals surface area contributed by atoms with Crippen molar-refractivity contribution < 1.29 is 0 Å². The average Bonchev–Trinajstić information content (AvgIpc) is 2.22. The number of hydrogen-bond acceptors (Lipinski definition) is 3. The first-order valence-corrected chi connectivity index (χ1v) is 7.08. The van der Waals surface area contributed by atoms with E-state index < -0.39 is 0 Å². The van der Waals surface area contributed by atoms with Crippen LogP contribution in [0.25, 0.3) is 0 Å². The van der Waals surface area contributed by atoms with Gasteiger partial charge in [0.15, 0.2) is 5.17 Å². The van der Waals surface area contributed by atoms with E-state index in [4.69, 9.17) is 11.6 Å². The number of hydrogen-bond donors (Lipinski definition) is 1. The summed E-state index contributed by atoms with van der Waals surface area (Å²) in [7, 11) is 0. The van der Waals surface area contributed by atoms with Gasteiger partial charge in [-0.1, -0.05) is 29.4 Å². The zero-order valence-electron chi connectivity index (χ0n) is 10.4. The van der Waals surface area contributed by atoms with E-state index in [1.54, 1.807) is 11.8 Å². The number of nitrogens with zero attached hydrogens (tertiary/aromatic N) is 1. The van der Waals surface area contributed by atoms with Crippen LogP contribution in [0.15, 0.2) is 23.2 Å². The zero-order valence-corrected chi connectivity index (χ0v) is 12.0. The molecule has 0 bridgehead atoms. The van der Waals surface area contributed by atoms with Crippen LogP contribution in [0.5, 0.6) is 0 Å². The van der Waals surface area contributed by atoms with E-state index >= 15 is 0 Å². The highest BCUT2D eigenvalue weighted by Crippen LogP contribution is 2.27. The second kappa shape index (κ2) is 4.91. The summed E-state index contributed by atoms with van der Waals surface area (Å²) in [6, 6.07) is 6.00. The number of aliphatic imine (C=N–C) groups is 1. The van der Waals surface area contributed by atoms with Crippen LogP contribution < -0.4 is 5.32 Å². The molecule has 1 N–H and O–H groups in total. The molecule has 0 aromatic heterocycles. The molecular weight excluding hydrogens is 252 g/mol. The highest BCUT2D eigenvalue weighted by atomic mass is 35.5. The molecule has 0 saturated carbocycles. The number of benzene rings is 1. The van der Waals surface area contributed by atoms with Crippen LogP contribution >= 0.6 is 23.4 Å². The number of aryl methyl sites for hydroxylation is 1. The number of rotatable bonds is 1. The Morgan fingerprint density at radius 2 is 2.18 bits per heavy atom. The molecule has 0 spiro atoms. The van der Waals surface area contributed by atoms with Crippen molar-refractivity contribution in [2.45, 2.75) is 32.7 Å². The van der Waals surface area contributed by atoms with Crippen molar-refractivity contribution in [2.24, 2.45) is 4.99 Å². The molecule has 0 atom stereocenters. The van der Waals surface area contributed by atoms with Crippen LogP contribution in [0.2, 0.25) is 5.02 Å². The Balaban J connectivity index is 2.15. The van der Waals surface area contributed by atoms with Crippen molar-refractivity contribution in [3.63, 3.8) is 0 Å². The second-order valence-electron chi connectivity index (χ2n) is 4.92. The van der Waals surface area contributed by atoms with Gasteiger partial charge in [0.05, 0.1) is 5.54 Å². The van der Waals surface area contributed by atoms with Crippen LogP contribution in [-0.4, -0.2) is 16.5 Å². The SMILES string of the molecule is Cc1ccc(NC2=NC(C)(C)CCS2)cc1Cl. The maximum Gasteiger partial charge on any atom is 0.161 e. The summed E-state index contributed by atoms with van der Waals surface area (Å²) in [5, 5.41) is 5.11. The third-order valence-corrected chi connectivity index (χ3v) is 4.06. The fraction of sp³-hybridized carbons (Fsp3) is 0.462. The smallest absolute Gasteiger partial charge is 0.161 e. The topological polar surface area (TPSA) is 24.4 Å². The molecule has 0 fully saturated rings. The quantitative estimate of drug-likeness (QED) is 0.820. The molecule has 1 aliphatic heterocycles. The first-order valence-electron chi connectivity index (χ1n) is 5.72. The van der Waals surface area contributed by atoms with Gasteiger partial charge in [0.25, 0.3) is 0 Å². The van der Waals surface area contributed by atoms with Gasteiger partial charge in [0.2, 0.25) is 0 Å². The van der Waals surface area contributed by atoms with Crippen molar-refractivity contribution in [2.75, 3.05) is 11.1 Å². The number of anilines is 1. The minimum Gasteiger partial charge on any atom is -0.335 e. The fourth-order valence-electron chi connectivity index (χ4n) is 1.62. The number of amidine groups is 1. The maximum absolute atomic E-state index is 6.10. The highest BCUT2D eigenvalue weighted by Gasteiger charge is 2.22. The summed E-state index contributed by atoms with van der Waals surface area (Å²) in [6.45, 7) is 6.33. The van der Waals surface area contributed by atoms with E-state index in [0.717, 1.165) is 33.6 Å². The predicted octanol–water partition coefficient (Wildman–Crippen LogP) is 4.33. The Labute approximate surface area is 112 Å². The van der Waals surface area contributed by atoms with Gasteiger partial charge in [-0.2, -0.15) is 0 Å². The molecule has 4 heteroatoms. The summed E-state index contributed by atoms with van der Waals surface area (Å²) in [5.41, 5.74) is 2.14. The van der Waals surface area contributed by atoms with Crippen LogP contribution in [0.4, 0.5) is 5.69 Å². The molecular formula is C13H17ClN2S. The standard InChI is InChI=1S/C13H17ClN2S/c1-9-4-5-10(8-11(9)14)15-12-16-13(2,3)6-7-17-12/h4-5,8H,6-7H2,1-3H3,(H,15,16). The summed E-state index contributed by atoms with van der Waals surface area (Å²) >= 11 is 7.87. The van der Waals surface area contributed by atoms with Gasteiger partial charge >= 0.3 is 0 Å². The summed E-state index contributed by atoms with van der Waals surface area (Å²) in [5.74, 6) is 1.11. The third-order valence-electron chi connectivity index (χ3n) is 2.78. The van der Waals surface area contributed by atoms with Gasteiger partial charge in [-0.25, -0.2) is 0 Å². The highest BCUT2D eigenvalue weighted by molar-refractivity contribution is 8.14. The largest absolute Gasteiger partial charge is 0.335 e. The number of nitrogens with one attached hydrogen (secondary N) is 1. The predicted molar refractivity (Wildman–Crippen MR) is 78.4 cm³/mol. The lowest BCUT2D eigenvalue weighted by Gasteiger charge is -2.26.